The molecule has 0 atom stereocenters. The van der Waals surface area contributed by atoms with Crippen molar-refractivity contribution in [2.45, 2.75) is 0 Å². The van der Waals surface area contributed by atoms with Crippen LogP contribution in [-0.2, 0) is 4.79 Å². The molecule has 4 rings (SSSR count). The second-order valence-corrected chi connectivity index (χ2v) is 9.19. The number of hydrogen-bond acceptors (Lipinski definition) is 17. The highest BCUT2D eigenvalue weighted by Gasteiger charge is 2.27. The van der Waals surface area contributed by atoms with E-state index in [0.29, 0.717) is 48.5 Å². The van der Waals surface area contributed by atoms with Crippen LogP contribution in [0.2, 0.25) is 0 Å². The molecule has 0 saturated heterocycles. The third kappa shape index (κ3) is 6.60. The zero-order chi connectivity index (χ0) is 34.9. The quantitative estimate of drug-likeness (QED) is 0.0426. The number of benzene rings is 4. The maximum atomic E-state index is 12.9. The van der Waals surface area contributed by atoms with Gasteiger partial charge >= 0.3 is 23.9 Å². The van der Waals surface area contributed by atoms with Crippen molar-refractivity contribution in [3.8, 4) is 69.0 Å². The lowest BCUT2D eigenvalue weighted by Crippen LogP contribution is -2.21. The van der Waals surface area contributed by atoms with Crippen LogP contribution in [0, 0.1) is 0 Å². The Morgan fingerprint density at radius 3 is 1.17 bits per heavy atom. The van der Waals surface area contributed by atoms with Crippen LogP contribution in [0.15, 0.2) is 48.5 Å². The number of carbonyl (C=O) groups excluding carboxylic acids is 4. The number of carbonyl (C=O) groups is 5. The van der Waals surface area contributed by atoms with E-state index >= 15 is 0 Å². The molecule has 0 saturated carbocycles. The molecule has 4 aromatic carbocycles. The average Bonchev–Trinajstić information content (AvgIpc) is 3.01. The Balaban J connectivity index is 1.59. The highest BCUT2D eigenvalue weighted by atomic mass is 16.6. The van der Waals surface area contributed by atoms with Gasteiger partial charge < -0.3 is 65.3 Å². The maximum absolute atomic E-state index is 12.9. The van der Waals surface area contributed by atoms with Crippen molar-refractivity contribution in [3.05, 3.63) is 70.8 Å². The summed E-state index contributed by atoms with van der Waals surface area (Å²) in [5.41, 5.74) is -2.64. The molecule has 0 bridgehead atoms. The number of rotatable bonds is 8. The fourth-order valence-electron chi connectivity index (χ4n) is 3.69. The number of ketones is 1. The normalized spacial score (nSPS) is 10.6. The Morgan fingerprint density at radius 2 is 0.723 bits per heavy atom. The SMILES string of the molecule is O=C(Oc1cc(C(=O)O)cc(O)c1O)C(=O)c1cc(O)c(O)c(OC(=O)c2cc(O)c(O)c(OC(=O)c3cc(O)c(O)c(O)c3)c2)c1. The summed E-state index contributed by atoms with van der Waals surface area (Å²) in [5, 5.41) is 97.7. The summed E-state index contributed by atoms with van der Waals surface area (Å²) in [6.07, 6.45) is 0. The molecule has 0 spiro atoms. The summed E-state index contributed by atoms with van der Waals surface area (Å²) in [7, 11) is 0. The summed E-state index contributed by atoms with van der Waals surface area (Å²) in [6, 6.07) is 5.01. The van der Waals surface area contributed by atoms with Crippen LogP contribution in [0.5, 0.6) is 69.0 Å². The van der Waals surface area contributed by atoms with Crippen molar-refractivity contribution >= 4 is 29.7 Å². The molecular weight excluding hydrogens is 636 g/mol. The minimum atomic E-state index is -1.80. The number of esters is 3. The molecule has 0 unspecified atom stereocenters. The van der Waals surface area contributed by atoms with E-state index in [1.54, 1.807) is 0 Å². The van der Waals surface area contributed by atoms with Gasteiger partial charge in [-0.25, -0.2) is 19.2 Å². The van der Waals surface area contributed by atoms with Crippen LogP contribution in [-0.4, -0.2) is 80.7 Å². The van der Waals surface area contributed by atoms with Gasteiger partial charge in [0.2, 0.25) is 17.2 Å². The lowest BCUT2D eigenvalue weighted by molar-refractivity contribution is -0.129. The standard InChI is InChI=1S/C29H18O18/c30-13-3-11(4-14(31)22(13)36)27(42)46-20-8-12(5-17(34)25(20)39)28(43)45-18-6-9(1-15(32)23(18)37)21(35)29(44)47-19-7-10(26(40)41)2-16(33)24(19)38/h1-8,30-34,36-39H,(H,40,41). The van der Waals surface area contributed by atoms with Crippen molar-refractivity contribution < 1.29 is 89.2 Å². The van der Waals surface area contributed by atoms with Gasteiger partial charge in [-0.1, -0.05) is 0 Å². The van der Waals surface area contributed by atoms with Gasteiger partial charge in [0.25, 0.3) is 5.78 Å². The first-order valence-electron chi connectivity index (χ1n) is 12.4. The first kappa shape index (κ1) is 32.5. The summed E-state index contributed by atoms with van der Waals surface area (Å²) in [4.78, 5) is 61.7. The summed E-state index contributed by atoms with van der Waals surface area (Å²) in [5.74, 6) is -19.8. The Kier molecular flexibility index (Phi) is 8.53. The third-order valence-corrected chi connectivity index (χ3v) is 6.01. The molecule has 0 fully saturated rings. The predicted molar refractivity (Wildman–Crippen MR) is 148 cm³/mol. The lowest BCUT2D eigenvalue weighted by Gasteiger charge is -2.12. The number of phenols is 9. The van der Waals surface area contributed by atoms with Crippen LogP contribution in [0.4, 0.5) is 0 Å². The van der Waals surface area contributed by atoms with Crippen LogP contribution in [0.25, 0.3) is 0 Å². The van der Waals surface area contributed by atoms with Crippen molar-refractivity contribution in [2.75, 3.05) is 0 Å². The van der Waals surface area contributed by atoms with Crippen molar-refractivity contribution in [1.29, 1.82) is 0 Å². The van der Waals surface area contributed by atoms with Crippen molar-refractivity contribution in [1.82, 2.24) is 0 Å². The molecule has 0 aliphatic carbocycles. The Labute approximate surface area is 259 Å². The number of phenolic OH excluding ortho intramolecular Hbond substituents is 9. The Bertz CT molecular complexity index is 1990. The second-order valence-electron chi connectivity index (χ2n) is 9.19. The number of aromatic carboxylic acids is 1. The molecule has 0 radical (unpaired) electrons. The molecule has 47 heavy (non-hydrogen) atoms. The molecule has 242 valence electrons. The molecule has 0 aliphatic rings. The lowest BCUT2D eigenvalue weighted by atomic mass is 10.1. The summed E-state index contributed by atoms with van der Waals surface area (Å²) < 4.78 is 14.5. The molecule has 0 heterocycles. The number of hydrogen-bond donors (Lipinski definition) is 10. The number of carboxylic acids is 1. The van der Waals surface area contributed by atoms with Gasteiger partial charge in [0.05, 0.1) is 16.7 Å². The minimum Gasteiger partial charge on any atom is -0.504 e. The van der Waals surface area contributed by atoms with E-state index in [4.69, 9.17) is 14.6 Å². The number of Topliss-reactive ketones (excluding diaryl/α,β-unsaturated/α-hetero) is 1. The van der Waals surface area contributed by atoms with Gasteiger partial charge in [-0.15, -0.1) is 0 Å². The number of aromatic hydroxyl groups is 9. The zero-order valence-corrected chi connectivity index (χ0v) is 22.9. The van der Waals surface area contributed by atoms with Gasteiger partial charge in [-0.2, -0.15) is 0 Å². The van der Waals surface area contributed by atoms with E-state index in [1.165, 1.54) is 0 Å². The van der Waals surface area contributed by atoms with E-state index in [9.17, 15) is 69.9 Å². The molecule has 0 aromatic heterocycles. The molecule has 4 aromatic rings. The van der Waals surface area contributed by atoms with Gasteiger partial charge in [0.1, 0.15) is 0 Å². The number of ether oxygens (including phenoxy) is 3. The zero-order valence-electron chi connectivity index (χ0n) is 22.9. The third-order valence-electron chi connectivity index (χ3n) is 6.01. The van der Waals surface area contributed by atoms with Gasteiger partial charge in [0, 0.05) is 5.56 Å². The first-order valence-corrected chi connectivity index (χ1v) is 12.4. The van der Waals surface area contributed by atoms with Crippen molar-refractivity contribution in [3.63, 3.8) is 0 Å². The van der Waals surface area contributed by atoms with E-state index in [0.717, 1.165) is 0 Å². The second kappa shape index (κ2) is 12.3. The Hall–Kier alpha value is -7.37. The fraction of sp³-hybridized carbons (Fsp3) is 0. The van der Waals surface area contributed by atoms with Gasteiger partial charge in [-0.05, 0) is 48.5 Å². The highest BCUT2D eigenvalue weighted by Crippen LogP contribution is 2.41. The van der Waals surface area contributed by atoms with E-state index in [2.05, 4.69) is 4.74 Å². The number of carboxylic acid groups (broad SMARTS) is 1. The summed E-state index contributed by atoms with van der Waals surface area (Å²) >= 11 is 0. The monoisotopic (exact) mass is 654 g/mol. The highest BCUT2D eigenvalue weighted by molar-refractivity contribution is 6.41. The molecule has 0 amide bonds. The minimum absolute atomic E-state index is 0.546. The fourth-order valence-corrected chi connectivity index (χ4v) is 3.69. The smallest absolute Gasteiger partial charge is 0.385 e. The average molecular weight is 654 g/mol. The Morgan fingerprint density at radius 1 is 0.404 bits per heavy atom. The van der Waals surface area contributed by atoms with Crippen LogP contribution in [0.3, 0.4) is 0 Å². The van der Waals surface area contributed by atoms with Gasteiger partial charge in [-0.3, -0.25) is 4.79 Å². The van der Waals surface area contributed by atoms with Crippen molar-refractivity contribution in [2.24, 2.45) is 0 Å². The molecule has 18 heteroatoms. The van der Waals surface area contributed by atoms with Crippen LogP contribution >= 0.6 is 0 Å². The first-order chi connectivity index (χ1) is 22.0. The molecular formula is C29H18O18. The largest absolute Gasteiger partial charge is 0.504 e. The molecule has 18 nitrogen and oxygen atoms in total. The molecule has 0 aliphatic heterocycles. The predicted octanol–water partition coefficient (Wildman–Crippen LogP) is 1.96. The van der Waals surface area contributed by atoms with Gasteiger partial charge in [0.15, 0.2) is 51.7 Å². The molecule has 10 N–H and O–H groups in total. The van der Waals surface area contributed by atoms with E-state index in [-0.39, 0.29) is 0 Å². The summed E-state index contributed by atoms with van der Waals surface area (Å²) in [6.45, 7) is 0. The van der Waals surface area contributed by atoms with E-state index in [1.807, 2.05) is 0 Å². The maximum Gasteiger partial charge on any atom is 0.385 e. The van der Waals surface area contributed by atoms with Crippen LogP contribution in [0.1, 0.15) is 41.4 Å². The topological polar surface area (TPSA) is 315 Å². The van der Waals surface area contributed by atoms with Crippen LogP contribution < -0.4 is 14.2 Å². The van der Waals surface area contributed by atoms with E-state index < -0.39 is 121 Å².